The maximum atomic E-state index is 12.1. The number of rotatable bonds is 6. The summed E-state index contributed by atoms with van der Waals surface area (Å²) in [6.45, 7) is 9.05. The first-order valence-electron chi connectivity index (χ1n) is 12.7. The molecule has 0 heterocycles. The third-order valence-electron chi connectivity index (χ3n) is 10.5. The predicted molar refractivity (Wildman–Crippen MR) is 121 cm³/mol. The van der Waals surface area contributed by atoms with E-state index in [0.29, 0.717) is 42.4 Å². The van der Waals surface area contributed by atoms with Crippen LogP contribution in [0.25, 0.3) is 0 Å². The molecule has 9 atom stereocenters. The fraction of sp³-hybridized carbons (Fsp3) is 0.852. The van der Waals surface area contributed by atoms with Gasteiger partial charge in [0.25, 0.3) is 0 Å². The van der Waals surface area contributed by atoms with Gasteiger partial charge < -0.3 is 10.2 Å². The average molecular weight is 431 g/mol. The Hall–Kier alpha value is -1.16. The second kappa shape index (κ2) is 8.32. The van der Waals surface area contributed by atoms with E-state index in [1.807, 2.05) is 13.0 Å². The number of ketones is 1. The standard InChI is InChI=1S/C27H42O4/c1-16(6-5-7-17(2)25(30)31)20-8-9-21-24-22(11-13-27(20,21)4)26(3)12-10-19(28)14-18(26)15-23(24)29/h14,16-17,20-24,29H,5-13,15H2,1-4H3,(H,30,31)/t16-,17-,20?,21?,22?,23-,24?,26+,27-/m1/s1. The molecule has 0 saturated heterocycles. The zero-order valence-corrected chi connectivity index (χ0v) is 19.9. The fourth-order valence-corrected chi connectivity index (χ4v) is 8.57. The van der Waals surface area contributed by atoms with E-state index in [-0.39, 0.29) is 28.6 Å². The van der Waals surface area contributed by atoms with Crippen LogP contribution in [0.2, 0.25) is 0 Å². The SMILES string of the molecule is C[C@H](CCC[C@@H](C)C1CCC2C3C(CC[C@@]21C)[C@@]1(C)CCC(=O)C=C1C[C@H]3O)C(=O)O. The molecule has 0 aromatic carbocycles. The van der Waals surface area contributed by atoms with Gasteiger partial charge in [0.15, 0.2) is 5.78 Å². The smallest absolute Gasteiger partial charge is 0.306 e. The predicted octanol–water partition coefficient (Wildman–Crippen LogP) is 5.63. The van der Waals surface area contributed by atoms with Gasteiger partial charge >= 0.3 is 5.97 Å². The average Bonchev–Trinajstić information content (AvgIpc) is 3.06. The van der Waals surface area contributed by atoms with Crippen molar-refractivity contribution in [2.45, 2.75) is 98.0 Å². The van der Waals surface area contributed by atoms with Crippen molar-refractivity contribution in [2.24, 2.45) is 46.3 Å². The van der Waals surface area contributed by atoms with Crippen LogP contribution in [0.1, 0.15) is 91.9 Å². The Bertz CT molecular complexity index is 756. The minimum absolute atomic E-state index is 0.0931. The molecule has 3 saturated carbocycles. The maximum absolute atomic E-state index is 12.1. The first kappa shape index (κ1) is 23.0. The van der Waals surface area contributed by atoms with Crippen LogP contribution >= 0.6 is 0 Å². The summed E-state index contributed by atoms with van der Waals surface area (Å²) in [7, 11) is 0. The fourth-order valence-electron chi connectivity index (χ4n) is 8.57. The highest BCUT2D eigenvalue weighted by Crippen LogP contribution is 2.67. The molecule has 3 fully saturated rings. The highest BCUT2D eigenvalue weighted by atomic mass is 16.4. The zero-order valence-electron chi connectivity index (χ0n) is 19.9. The molecule has 0 aromatic rings. The number of hydrogen-bond acceptors (Lipinski definition) is 3. The number of aliphatic hydroxyl groups excluding tert-OH is 1. The van der Waals surface area contributed by atoms with Crippen molar-refractivity contribution >= 4 is 11.8 Å². The Morgan fingerprint density at radius 2 is 1.87 bits per heavy atom. The Kier molecular flexibility index (Phi) is 6.17. The number of aliphatic hydroxyl groups is 1. The minimum Gasteiger partial charge on any atom is -0.481 e. The number of carbonyl (C=O) groups excluding carboxylic acids is 1. The van der Waals surface area contributed by atoms with E-state index in [9.17, 15) is 14.7 Å². The number of fused-ring (bicyclic) bond motifs is 5. The second-order valence-corrected chi connectivity index (χ2v) is 12.0. The summed E-state index contributed by atoms with van der Waals surface area (Å²) in [5, 5.41) is 20.4. The van der Waals surface area contributed by atoms with E-state index in [2.05, 4.69) is 20.8 Å². The summed E-state index contributed by atoms with van der Waals surface area (Å²) in [5.74, 6) is 2.01. The van der Waals surface area contributed by atoms with Crippen molar-refractivity contribution < 1.29 is 19.8 Å². The minimum atomic E-state index is -0.684. The summed E-state index contributed by atoms with van der Waals surface area (Å²) >= 11 is 0. The van der Waals surface area contributed by atoms with E-state index in [0.717, 1.165) is 32.1 Å². The molecule has 4 aliphatic rings. The highest BCUT2D eigenvalue weighted by Gasteiger charge is 2.61. The maximum Gasteiger partial charge on any atom is 0.306 e. The lowest BCUT2D eigenvalue weighted by Gasteiger charge is -2.60. The normalized spacial score (nSPS) is 44.0. The molecule has 0 aliphatic heterocycles. The van der Waals surface area contributed by atoms with E-state index in [4.69, 9.17) is 5.11 Å². The van der Waals surface area contributed by atoms with Gasteiger partial charge in [-0.05, 0) is 91.4 Å². The van der Waals surface area contributed by atoms with Crippen LogP contribution in [0.15, 0.2) is 11.6 Å². The Morgan fingerprint density at radius 3 is 2.58 bits per heavy atom. The molecule has 0 spiro atoms. The molecule has 0 bridgehead atoms. The molecule has 2 N–H and O–H groups in total. The van der Waals surface area contributed by atoms with Crippen molar-refractivity contribution in [2.75, 3.05) is 0 Å². The molecule has 4 aliphatic carbocycles. The molecule has 4 heteroatoms. The first-order valence-corrected chi connectivity index (χ1v) is 12.7. The van der Waals surface area contributed by atoms with E-state index >= 15 is 0 Å². The van der Waals surface area contributed by atoms with Crippen molar-refractivity contribution in [3.63, 3.8) is 0 Å². The van der Waals surface area contributed by atoms with E-state index < -0.39 is 5.97 Å². The topological polar surface area (TPSA) is 74.6 Å². The number of carboxylic acid groups (broad SMARTS) is 1. The van der Waals surface area contributed by atoms with Crippen molar-refractivity contribution in [3.8, 4) is 0 Å². The van der Waals surface area contributed by atoms with Gasteiger partial charge in [0.1, 0.15) is 0 Å². The lowest BCUT2D eigenvalue weighted by atomic mass is 9.45. The molecule has 31 heavy (non-hydrogen) atoms. The molecule has 0 aromatic heterocycles. The van der Waals surface area contributed by atoms with Crippen LogP contribution in [0.5, 0.6) is 0 Å². The van der Waals surface area contributed by atoms with Gasteiger partial charge in [0, 0.05) is 6.42 Å². The zero-order chi connectivity index (χ0) is 22.6. The first-order chi connectivity index (χ1) is 14.6. The summed E-state index contributed by atoms with van der Waals surface area (Å²) in [4.78, 5) is 23.2. The Labute approximate surface area is 187 Å². The highest BCUT2D eigenvalue weighted by molar-refractivity contribution is 5.91. The van der Waals surface area contributed by atoms with E-state index in [1.54, 1.807) is 0 Å². The van der Waals surface area contributed by atoms with E-state index in [1.165, 1.54) is 24.8 Å². The quantitative estimate of drug-likeness (QED) is 0.572. The van der Waals surface area contributed by atoms with Gasteiger partial charge in [-0.2, -0.15) is 0 Å². The lowest BCUT2D eigenvalue weighted by molar-refractivity contribution is -0.141. The van der Waals surface area contributed by atoms with Gasteiger partial charge in [-0.3, -0.25) is 9.59 Å². The Morgan fingerprint density at radius 1 is 1.13 bits per heavy atom. The lowest BCUT2D eigenvalue weighted by Crippen LogP contribution is -2.55. The van der Waals surface area contributed by atoms with Crippen LogP contribution in [-0.2, 0) is 9.59 Å². The largest absolute Gasteiger partial charge is 0.481 e. The molecular formula is C27H42O4. The van der Waals surface area contributed by atoms with Gasteiger partial charge in [-0.1, -0.05) is 46.1 Å². The van der Waals surface area contributed by atoms with Gasteiger partial charge in [-0.25, -0.2) is 0 Å². The third-order valence-corrected chi connectivity index (χ3v) is 10.5. The number of carbonyl (C=O) groups is 2. The van der Waals surface area contributed by atoms with Gasteiger partial charge in [-0.15, -0.1) is 0 Å². The monoisotopic (exact) mass is 430 g/mol. The molecule has 4 nitrogen and oxygen atoms in total. The molecule has 174 valence electrons. The van der Waals surface area contributed by atoms with Crippen LogP contribution in [0, 0.1) is 46.3 Å². The summed E-state index contributed by atoms with van der Waals surface area (Å²) in [6.07, 6.45) is 11.6. The van der Waals surface area contributed by atoms with Crippen molar-refractivity contribution in [1.82, 2.24) is 0 Å². The van der Waals surface area contributed by atoms with Crippen LogP contribution in [0.3, 0.4) is 0 Å². The molecular weight excluding hydrogens is 388 g/mol. The van der Waals surface area contributed by atoms with Crippen molar-refractivity contribution in [1.29, 1.82) is 0 Å². The summed E-state index contributed by atoms with van der Waals surface area (Å²) < 4.78 is 0. The molecule has 4 unspecified atom stereocenters. The van der Waals surface area contributed by atoms with Crippen LogP contribution < -0.4 is 0 Å². The van der Waals surface area contributed by atoms with Gasteiger partial charge in [0.05, 0.1) is 12.0 Å². The van der Waals surface area contributed by atoms with Crippen molar-refractivity contribution in [3.05, 3.63) is 11.6 Å². The second-order valence-electron chi connectivity index (χ2n) is 12.0. The summed E-state index contributed by atoms with van der Waals surface area (Å²) in [6, 6.07) is 0. The third kappa shape index (κ3) is 3.81. The number of carboxylic acids is 1. The molecule has 0 amide bonds. The van der Waals surface area contributed by atoms with Crippen LogP contribution in [0.4, 0.5) is 0 Å². The molecule has 0 radical (unpaired) electrons. The number of aliphatic carboxylic acids is 1. The molecule has 4 rings (SSSR count). The van der Waals surface area contributed by atoms with Gasteiger partial charge in [0.2, 0.25) is 0 Å². The number of hydrogen-bond donors (Lipinski definition) is 2. The van der Waals surface area contributed by atoms with Crippen LogP contribution in [-0.4, -0.2) is 28.1 Å². The summed E-state index contributed by atoms with van der Waals surface area (Å²) in [5.41, 5.74) is 1.59. The Balaban J connectivity index is 1.49.